The van der Waals surface area contributed by atoms with Crippen LogP contribution in [0.15, 0.2) is 30.3 Å². The van der Waals surface area contributed by atoms with Gasteiger partial charge >= 0.3 is 5.97 Å². The van der Waals surface area contributed by atoms with Crippen molar-refractivity contribution in [1.82, 2.24) is 0 Å². The Labute approximate surface area is 131 Å². The van der Waals surface area contributed by atoms with Crippen LogP contribution in [0.1, 0.15) is 20.8 Å². The summed E-state index contributed by atoms with van der Waals surface area (Å²) in [5, 5.41) is 3.89. The Morgan fingerprint density at radius 3 is 2.57 bits per heavy atom. The smallest absolute Gasteiger partial charge is 0.340 e. The summed E-state index contributed by atoms with van der Waals surface area (Å²) in [7, 11) is 1.31. The number of hydrogen-bond acceptors (Lipinski definition) is 4. The number of nitrogens with one attached hydrogen (secondary N) is 1. The quantitative estimate of drug-likeness (QED) is 0.873. The molecule has 110 valence electrons. The van der Waals surface area contributed by atoms with E-state index < -0.39 is 5.97 Å². The number of ether oxygens (including phenoxy) is 1. The molecule has 0 aliphatic rings. The number of esters is 1. The molecule has 1 aromatic carbocycles. The lowest BCUT2D eigenvalue weighted by atomic mass is 10.1. The summed E-state index contributed by atoms with van der Waals surface area (Å²) in [6, 6.07) is 8.76. The summed E-state index contributed by atoms with van der Waals surface area (Å²) < 4.78 is 4.71. The molecule has 2 aromatic rings. The highest BCUT2D eigenvalue weighted by atomic mass is 35.5. The number of carbonyl (C=O) groups excluding carboxylic acids is 2. The van der Waals surface area contributed by atoms with Crippen molar-refractivity contribution in [3.8, 4) is 0 Å². The minimum Gasteiger partial charge on any atom is -0.465 e. The molecule has 0 spiro atoms. The third-order valence-corrected chi connectivity index (χ3v) is 4.01. The number of halogens is 1. The molecule has 1 heterocycles. The SMILES string of the molecule is COC(=O)c1cc(C)sc1NC(=O)Cc1ccc(Cl)cc1. The van der Waals surface area contributed by atoms with Gasteiger partial charge in [-0.1, -0.05) is 23.7 Å². The Hall–Kier alpha value is -1.85. The highest BCUT2D eigenvalue weighted by molar-refractivity contribution is 7.16. The third-order valence-electron chi connectivity index (χ3n) is 2.79. The van der Waals surface area contributed by atoms with Gasteiger partial charge in [0.2, 0.25) is 5.91 Å². The lowest BCUT2D eigenvalue weighted by Crippen LogP contribution is -2.15. The third kappa shape index (κ3) is 4.06. The van der Waals surface area contributed by atoms with E-state index in [1.165, 1.54) is 18.4 Å². The van der Waals surface area contributed by atoms with E-state index in [2.05, 4.69) is 5.32 Å². The average molecular weight is 324 g/mol. The van der Waals surface area contributed by atoms with Gasteiger partial charge in [0, 0.05) is 9.90 Å². The number of thiophene rings is 1. The van der Waals surface area contributed by atoms with Crippen molar-refractivity contribution < 1.29 is 14.3 Å². The molecule has 2 rings (SSSR count). The van der Waals surface area contributed by atoms with E-state index in [4.69, 9.17) is 16.3 Å². The van der Waals surface area contributed by atoms with Gasteiger partial charge in [-0.3, -0.25) is 4.79 Å². The number of rotatable bonds is 4. The number of anilines is 1. The Balaban J connectivity index is 2.09. The summed E-state index contributed by atoms with van der Waals surface area (Å²) in [6.07, 6.45) is 0.217. The number of methoxy groups -OCH3 is 1. The molecule has 0 saturated heterocycles. The molecular formula is C15H14ClNO3S. The zero-order valence-electron chi connectivity index (χ0n) is 11.6. The van der Waals surface area contributed by atoms with Crippen LogP contribution in [-0.4, -0.2) is 19.0 Å². The van der Waals surface area contributed by atoms with Crippen LogP contribution in [0.25, 0.3) is 0 Å². The summed E-state index contributed by atoms with van der Waals surface area (Å²) in [5.41, 5.74) is 1.23. The van der Waals surface area contributed by atoms with Gasteiger partial charge in [-0.15, -0.1) is 11.3 Å². The first-order valence-electron chi connectivity index (χ1n) is 6.22. The highest BCUT2D eigenvalue weighted by Crippen LogP contribution is 2.28. The van der Waals surface area contributed by atoms with E-state index in [1.807, 2.05) is 6.92 Å². The zero-order valence-corrected chi connectivity index (χ0v) is 13.2. The van der Waals surface area contributed by atoms with Crippen molar-refractivity contribution >= 4 is 39.8 Å². The van der Waals surface area contributed by atoms with E-state index in [-0.39, 0.29) is 12.3 Å². The first-order valence-corrected chi connectivity index (χ1v) is 7.42. The molecule has 0 saturated carbocycles. The van der Waals surface area contributed by atoms with Gasteiger partial charge < -0.3 is 10.1 Å². The molecule has 0 atom stereocenters. The van der Waals surface area contributed by atoms with Gasteiger partial charge in [-0.25, -0.2) is 4.79 Å². The van der Waals surface area contributed by atoms with Crippen LogP contribution in [0, 0.1) is 6.92 Å². The minimum atomic E-state index is -0.457. The first kappa shape index (κ1) is 15.5. The average Bonchev–Trinajstić information content (AvgIpc) is 2.81. The van der Waals surface area contributed by atoms with Crippen molar-refractivity contribution in [3.05, 3.63) is 51.4 Å². The maximum absolute atomic E-state index is 12.0. The molecule has 1 amide bonds. The molecule has 6 heteroatoms. The van der Waals surface area contributed by atoms with E-state index in [0.717, 1.165) is 10.4 Å². The van der Waals surface area contributed by atoms with Crippen LogP contribution in [-0.2, 0) is 16.0 Å². The maximum atomic E-state index is 12.0. The van der Waals surface area contributed by atoms with Gasteiger partial charge in [-0.2, -0.15) is 0 Å². The lowest BCUT2D eigenvalue weighted by molar-refractivity contribution is -0.115. The Morgan fingerprint density at radius 2 is 1.95 bits per heavy atom. The monoisotopic (exact) mass is 323 g/mol. The van der Waals surface area contributed by atoms with Gasteiger partial charge in [0.25, 0.3) is 0 Å². The van der Waals surface area contributed by atoms with Crippen molar-refractivity contribution in [2.75, 3.05) is 12.4 Å². The lowest BCUT2D eigenvalue weighted by Gasteiger charge is -2.05. The van der Waals surface area contributed by atoms with Gasteiger partial charge in [0.1, 0.15) is 5.00 Å². The fraction of sp³-hybridized carbons (Fsp3) is 0.200. The molecule has 0 aliphatic carbocycles. The molecule has 0 fully saturated rings. The predicted octanol–water partition coefficient (Wildman–Crippen LogP) is 3.68. The summed E-state index contributed by atoms with van der Waals surface area (Å²) in [6.45, 7) is 1.87. The van der Waals surface area contributed by atoms with Gasteiger partial charge in [0.15, 0.2) is 0 Å². The van der Waals surface area contributed by atoms with Crippen LogP contribution < -0.4 is 5.32 Å². The summed E-state index contributed by atoms with van der Waals surface area (Å²) in [5.74, 6) is -0.648. The Kier molecular flexibility index (Phi) is 4.98. The van der Waals surface area contributed by atoms with Crippen LogP contribution in [0.5, 0.6) is 0 Å². The Morgan fingerprint density at radius 1 is 1.29 bits per heavy atom. The standard InChI is InChI=1S/C15H14ClNO3S/c1-9-7-12(15(19)20-2)14(21-9)17-13(18)8-10-3-5-11(16)6-4-10/h3-7H,8H2,1-2H3,(H,17,18). The minimum absolute atomic E-state index is 0.190. The molecule has 0 radical (unpaired) electrons. The second-order valence-electron chi connectivity index (χ2n) is 4.44. The van der Waals surface area contributed by atoms with Crippen LogP contribution in [0.2, 0.25) is 5.02 Å². The van der Waals surface area contributed by atoms with Crippen LogP contribution in [0.3, 0.4) is 0 Å². The fourth-order valence-corrected chi connectivity index (χ4v) is 2.87. The fourth-order valence-electron chi connectivity index (χ4n) is 1.83. The first-order chi connectivity index (χ1) is 9.99. The van der Waals surface area contributed by atoms with Gasteiger partial charge in [0.05, 0.1) is 19.1 Å². The molecule has 1 aromatic heterocycles. The topological polar surface area (TPSA) is 55.4 Å². The van der Waals surface area contributed by atoms with Crippen molar-refractivity contribution in [3.63, 3.8) is 0 Å². The summed E-state index contributed by atoms with van der Waals surface area (Å²) in [4.78, 5) is 24.6. The normalized spacial score (nSPS) is 10.2. The number of carbonyl (C=O) groups is 2. The largest absolute Gasteiger partial charge is 0.465 e. The number of benzene rings is 1. The molecule has 1 N–H and O–H groups in total. The molecular weight excluding hydrogens is 310 g/mol. The number of hydrogen-bond donors (Lipinski definition) is 1. The molecule has 4 nitrogen and oxygen atoms in total. The molecule has 0 aliphatic heterocycles. The number of aryl methyl sites for hydroxylation is 1. The molecule has 21 heavy (non-hydrogen) atoms. The van der Waals surface area contributed by atoms with Gasteiger partial charge in [-0.05, 0) is 30.7 Å². The van der Waals surface area contributed by atoms with Crippen molar-refractivity contribution in [1.29, 1.82) is 0 Å². The second-order valence-corrected chi connectivity index (χ2v) is 6.14. The maximum Gasteiger partial charge on any atom is 0.340 e. The Bertz CT molecular complexity index is 664. The number of amides is 1. The highest BCUT2D eigenvalue weighted by Gasteiger charge is 2.17. The van der Waals surface area contributed by atoms with E-state index in [0.29, 0.717) is 15.6 Å². The molecule has 0 unspecified atom stereocenters. The van der Waals surface area contributed by atoms with E-state index >= 15 is 0 Å². The van der Waals surface area contributed by atoms with Crippen molar-refractivity contribution in [2.45, 2.75) is 13.3 Å². The van der Waals surface area contributed by atoms with Crippen LogP contribution >= 0.6 is 22.9 Å². The van der Waals surface area contributed by atoms with E-state index in [9.17, 15) is 9.59 Å². The van der Waals surface area contributed by atoms with E-state index in [1.54, 1.807) is 30.3 Å². The predicted molar refractivity (Wildman–Crippen MR) is 84.2 cm³/mol. The molecule has 0 bridgehead atoms. The second kappa shape index (κ2) is 6.74. The summed E-state index contributed by atoms with van der Waals surface area (Å²) >= 11 is 7.15. The van der Waals surface area contributed by atoms with Crippen LogP contribution in [0.4, 0.5) is 5.00 Å². The zero-order chi connectivity index (χ0) is 15.4. The van der Waals surface area contributed by atoms with Crippen molar-refractivity contribution in [2.24, 2.45) is 0 Å².